The van der Waals surface area contributed by atoms with Gasteiger partial charge in [0, 0.05) is 12.1 Å². The minimum atomic E-state index is 0.0950. The average Bonchev–Trinajstić information content (AvgIpc) is 2.28. The summed E-state index contributed by atoms with van der Waals surface area (Å²) in [4.78, 5) is 13.9. The third-order valence-corrected chi connectivity index (χ3v) is 2.43. The molecule has 0 aliphatic heterocycles. The number of likely N-dealkylation sites (N-methyl/N-ethyl adjacent to an activating group) is 1. The van der Waals surface area contributed by atoms with Gasteiger partial charge in [0.25, 0.3) is 0 Å². The van der Waals surface area contributed by atoms with Gasteiger partial charge in [0.05, 0.1) is 18.2 Å². The number of hydrogen-bond acceptors (Lipinski definition) is 3. The average molecular weight is 230 g/mol. The molecule has 3 nitrogen and oxygen atoms in total. The van der Waals surface area contributed by atoms with E-state index in [0.717, 1.165) is 6.54 Å². The van der Waals surface area contributed by atoms with Crippen LogP contribution in [0.4, 0.5) is 0 Å². The second-order valence-corrected chi connectivity index (χ2v) is 4.70. The Kier molecular flexibility index (Phi) is 4.86. The maximum Gasteiger partial charge on any atom is 0.176 e. The van der Waals surface area contributed by atoms with Crippen LogP contribution in [-0.2, 0) is 0 Å². The van der Waals surface area contributed by atoms with Gasteiger partial charge in [-0.25, -0.2) is 0 Å². The molecular formula is C14H18N2O. The Hall–Kier alpha value is -1.66. The molecule has 0 fully saturated rings. The van der Waals surface area contributed by atoms with E-state index in [1.165, 1.54) is 0 Å². The van der Waals surface area contributed by atoms with E-state index in [-0.39, 0.29) is 5.78 Å². The molecule has 0 spiro atoms. The molecule has 0 atom stereocenters. The molecule has 0 radical (unpaired) electrons. The first-order valence-electron chi connectivity index (χ1n) is 5.75. The minimum Gasteiger partial charge on any atom is -0.299 e. The number of ketones is 1. The van der Waals surface area contributed by atoms with E-state index in [2.05, 4.69) is 13.8 Å². The first-order valence-corrected chi connectivity index (χ1v) is 5.75. The zero-order valence-electron chi connectivity index (χ0n) is 10.6. The molecule has 0 saturated carbocycles. The van der Waals surface area contributed by atoms with E-state index in [1.54, 1.807) is 24.3 Å². The molecule has 0 heterocycles. The van der Waals surface area contributed by atoms with Crippen LogP contribution >= 0.6 is 0 Å². The number of carbonyl (C=O) groups is 1. The van der Waals surface area contributed by atoms with Crippen LogP contribution < -0.4 is 0 Å². The summed E-state index contributed by atoms with van der Waals surface area (Å²) in [6.07, 6.45) is 0. The standard InChI is InChI=1S/C14H18N2O/c1-11(2)9-16(3)10-14(17)13-6-4-12(8-15)5-7-13/h4-7,11H,9-10H2,1-3H3. The molecule has 0 unspecified atom stereocenters. The molecule has 0 aromatic heterocycles. The first kappa shape index (κ1) is 13.4. The zero-order chi connectivity index (χ0) is 12.8. The first-order chi connectivity index (χ1) is 8.02. The molecule has 90 valence electrons. The van der Waals surface area contributed by atoms with Crippen molar-refractivity contribution in [3.63, 3.8) is 0 Å². The Morgan fingerprint density at radius 1 is 1.35 bits per heavy atom. The van der Waals surface area contributed by atoms with Crippen LogP contribution in [0.3, 0.4) is 0 Å². The fourth-order valence-electron chi connectivity index (χ4n) is 1.75. The van der Waals surface area contributed by atoms with Gasteiger partial charge in [-0.3, -0.25) is 9.69 Å². The van der Waals surface area contributed by atoms with E-state index in [0.29, 0.717) is 23.6 Å². The van der Waals surface area contributed by atoms with Crippen molar-refractivity contribution in [3.8, 4) is 6.07 Å². The number of benzene rings is 1. The minimum absolute atomic E-state index is 0.0950. The molecule has 0 saturated heterocycles. The monoisotopic (exact) mass is 230 g/mol. The van der Waals surface area contributed by atoms with Crippen molar-refractivity contribution in [1.82, 2.24) is 4.90 Å². The molecule has 1 aromatic rings. The summed E-state index contributed by atoms with van der Waals surface area (Å²) in [5.41, 5.74) is 1.25. The summed E-state index contributed by atoms with van der Waals surface area (Å²) in [6, 6.07) is 8.82. The smallest absolute Gasteiger partial charge is 0.176 e. The van der Waals surface area contributed by atoms with Crippen molar-refractivity contribution in [2.45, 2.75) is 13.8 Å². The van der Waals surface area contributed by atoms with Gasteiger partial charge >= 0.3 is 0 Å². The van der Waals surface area contributed by atoms with Gasteiger partial charge in [0.1, 0.15) is 0 Å². The summed E-state index contributed by atoms with van der Waals surface area (Å²) in [6.45, 7) is 5.58. The number of nitriles is 1. The topological polar surface area (TPSA) is 44.1 Å². The van der Waals surface area contributed by atoms with Gasteiger partial charge < -0.3 is 0 Å². The summed E-state index contributed by atoms with van der Waals surface area (Å²) < 4.78 is 0. The van der Waals surface area contributed by atoms with Gasteiger partial charge in [0.2, 0.25) is 0 Å². The molecule has 0 amide bonds. The molecule has 0 bridgehead atoms. The van der Waals surface area contributed by atoms with Crippen LogP contribution in [0.15, 0.2) is 24.3 Å². The molecule has 1 rings (SSSR count). The number of hydrogen-bond donors (Lipinski definition) is 0. The normalized spacial score (nSPS) is 10.6. The van der Waals surface area contributed by atoms with E-state index in [4.69, 9.17) is 5.26 Å². The van der Waals surface area contributed by atoms with E-state index in [9.17, 15) is 4.79 Å². The maximum atomic E-state index is 11.9. The molecule has 1 aromatic carbocycles. The number of carbonyl (C=O) groups excluding carboxylic acids is 1. The van der Waals surface area contributed by atoms with Crippen LogP contribution in [0, 0.1) is 17.2 Å². The Labute approximate surface area is 103 Å². The second kappa shape index (κ2) is 6.17. The Balaban J connectivity index is 2.61. The Bertz CT molecular complexity index is 415. The lowest BCUT2D eigenvalue weighted by molar-refractivity contribution is 0.0940. The van der Waals surface area contributed by atoms with Crippen molar-refractivity contribution in [1.29, 1.82) is 5.26 Å². The van der Waals surface area contributed by atoms with Crippen LogP contribution in [0.1, 0.15) is 29.8 Å². The van der Waals surface area contributed by atoms with Gasteiger partial charge in [-0.1, -0.05) is 26.0 Å². The number of Topliss-reactive ketones (excluding diaryl/α,β-unsaturated/α-hetero) is 1. The van der Waals surface area contributed by atoms with Crippen molar-refractivity contribution in [2.24, 2.45) is 5.92 Å². The van der Waals surface area contributed by atoms with Crippen LogP contribution in [0.25, 0.3) is 0 Å². The van der Waals surface area contributed by atoms with Gasteiger partial charge in [-0.2, -0.15) is 5.26 Å². The van der Waals surface area contributed by atoms with E-state index >= 15 is 0 Å². The van der Waals surface area contributed by atoms with Crippen LogP contribution in [-0.4, -0.2) is 30.8 Å². The van der Waals surface area contributed by atoms with E-state index < -0.39 is 0 Å². The SMILES string of the molecule is CC(C)CN(C)CC(=O)c1ccc(C#N)cc1. The van der Waals surface area contributed by atoms with Crippen molar-refractivity contribution < 1.29 is 4.79 Å². The van der Waals surface area contributed by atoms with Gasteiger partial charge in [0.15, 0.2) is 5.78 Å². The highest BCUT2D eigenvalue weighted by Gasteiger charge is 2.10. The van der Waals surface area contributed by atoms with Gasteiger partial charge in [-0.15, -0.1) is 0 Å². The molecule has 17 heavy (non-hydrogen) atoms. The third kappa shape index (κ3) is 4.38. The molecule has 3 heteroatoms. The highest BCUT2D eigenvalue weighted by molar-refractivity contribution is 5.97. The van der Waals surface area contributed by atoms with Crippen LogP contribution in [0.5, 0.6) is 0 Å². The lowest BCUT2D eigenvalue weighted by Gasteiger charge is -2.17. The number of nitrogens with zero attached hydrogens (tertiary/aromatic N) is 2. The predicted octanol–water partition coefficient (Wildman–Crippen LogP) is 2.33. The molecule has 0 N–H and O–H groups in total. The molecule has 0 aliphatic rings. The number of rotatable bonds is 5. The lowest BCUT2D eigenvalue weighted by atomic mass is 10.1. The van der Waals surface area contributed by atoms with Crippen LogP contribution in [0.2, 0.25) is 0 Å². The quantitative estimate of drug-likeness (QED) is 0.729. The maximum absolute atomic E-state index is 11.9. The predicted molar refractivity (Wildman–Crippen MR) is 67.8 cm³/mol. The summed E-state index contributed by atoms with van der Waals surface area (Å²) in [7, 11) is 1.95. The molecular weight excluding hydrogens is 212 g/mol. The Morgan fingerprint density at radius 3 is 2.41 bits per heavy atom. The summed E-state index contributed by atoms with van der Waals surface area (Å²) in [5, 5.41) is 8.67. The lowest BCUT2D eigenvalue weighted by Crippen LogP contribution is -2.29. The van der Waals surface area contributed by atoms with Crippen molar-refractivity contribution >= 4 is 5.78 Å². The second-order valence-electron chi connectivity index (χ2n) is 4.70. The van der Waals surface area contributed by atoms with Gasteiger partial charge in [-0.05, 0) is 25.1 Å². The molecule has 0 aliphatic carbocycles. The van der Waals surface area contributed by atoms with Crippen molar-refractivity contribution in [3.05, 3.63) is 35.4 Å². The van der Waals surface area contributed by atoms with E-state index in [1.807, 2.05) is 18.0 Å². The highest BCUT2D eigenvalue weighted by Crippen LogP contribution is 2.05. The third-order valence-electron chi connectivity index (χ3n) is 2.43. The zero-order valence-corrected chi connectivity index (χ0v) is 10.6. The fraction of sp³-hybridized carbons (Fsp3) is 0.429. The summed E-state index contributed by atoms with van der Waals surface area (Å²) >= 11 is 0. The summed E-state index contributed by atoms with van der Waals surface area (Å²) in [5.74, 6) is 0.645. The largest absolute Gasteiger partial charge is 0.299 e. The Morgan fingerprint density at radius 2 is 1.94 bits per heavy atom. The van der Waals surface area contributed by atoms with Crippen molar-refractivity contribution in [2.75, 3.05) is 20.1 Å². The fourth-order valence-corrected chi connectivity index (χ4v) is 1.75. The highest BCUT2D eigenvalue weighted by atomic mass is 16.1.